The molecule has 1 fully saturated rings. The third-order valence-corrected chi connectivity index (χ3v) is 4.54. The Balaban J connectivity index is 2.14. The van der Waals surface area contributed by atoms with Crippen molar-refractivity contribution in [2.45, 2.75) is 26.7 Å². The number of fused-ring (bicyclic) bond motifs is 1. The Morgan fingerprint density at radius 2 is 2.15 bits per heavy atom. The van der Waals surface area contributed by atoms with Gasteiger partial charge in [0.2, 0.25) is 0 Å². The first kappa shape index (κ1) is 13.7. The second-order valence-corrected chi connectivity index (χ2v) is 7.33. The predicted molar refractivity (Wildman–Crippen MR) is 89.1 cm³/mol. The first-order valence-corrected chi connectivity index (χ1v) is 7.84. The summed E-state index contributed by atoms with van der Waals surface area (Å²) in [7, 11) is 0. The highest BCUT2D eigenvalue weighted by atomic mass is 79.9. The molecule has 0 atom stereocenters. The van der Waals surface area contributed by atoms with E-state index in [1.165, 1.54) is 12.8 Å². The van der Waals surface area contributed by atoms with E-state index in [9.17, 15) is 0 Å². The lowest BCUT2D eigenvalue weighted by Crippen LogP contribution is -2.40. The molecule has 20 heavy (non-hydrogen) atoms. The molecule has 1 aliphatic heterocycles. The number of hydrogen-bond donors (Lipinski definition) is 1. The minimum absolute atomic E-state index is 0.340. The molecule has 2 N–H and O–H groups in total. The number of anilines is 2. The highest BCUT2D eigenvalue weighted by Crippen LogP contribution is 2.38. The Kier molecular flexibility index (Phi) is 3.36. The molecule has 1 aromatic heterocycles. The van der Waals surface area contributed by atoms with Gasteiger partial charge in [-0.15, -0.1) is 0 Å². The first-order chi connectivity index (χ1) is 9.46. The van der Waals surface area contributed by atoms with Gasteiger partial charge in [0.15, 0.2) is 0 Å². The molecule has 0 bridgehead atoms. The van der Waals surface area contributed by atoms with Crippen LogP contribution >= 0.6 is 15.9 Å². The quantitative estimate of drug-likeness (QED) is 0.850. The molecule has 3 nitrogen and oxygen atoms in total. The summed E-state index contributed by atoms with van der Waals surface area (Å²) in [6, 6.07) is 6.18. The van der Waals surface area contributed by atoms with Gasteiger partial charge in [-0.1, -0.05) is 29.8 Å². The Morgan fingerprint density at radius 1 is 1.35 bits per heavy atom. The summed E-state index contributed by atoms with van der Waals surface area (Å²) < 4.78 is 1.06. The summed E-state index contributed by atoms with van der Waals surface area (Å²) in [5.74, 6) is 0. The van der Waals surface area contributed by atoms with Crippen LogP contribution in [0.3, 0.4) is 0 Å². The maximum Gasteiger partial charge on any atom is 0.0745 e. The predicted octanol–water partition coefficient (Wildman–Crippen LogP) is 4.21. The summed E-state index contributed by atoms with van der Waals surface area (Å²) in [4.78, 5) is 6.87. The van der Waals surface area contributed by atoms with Crippen LogP contribution in [-0.4, -0.2) is 18.1 Å². The molecule has 1 aromatic carbocycles. The van der Waals surface area contributed by atoms with E-state index in [-0.39, 0.29) is 0 Å². The molecule has 0 saturated carbocycles. The zero-order valence-corrected chi connectivity index (χ0v) is 13.6. The third kappa shape index (κ3) is 2.49. The van der Waals surface area contributed by atoms with Crippen LogP contribution in [0.4, 0.5) is 11.4 Å². The van der Waals surface area contributed by atoms with E-state index in [4.69, 9.17) is 5.73 Å². The van der Waals surface area contributed by atoms with Crippen LogP contribution in [0.5, 0.6) is 0 Å². The second kappa shape index (κ2) is 4.92. The van der Waals surface area contributed by atoms with Crippen molar-refractivity contribution in [3.63, 3.8) is 0 Å². The summed E-state index contributed by atoms with van der Waals surface area (Å²) >= 11 is 3.55. The number of pyridine rings is 1. The van der Waals surface area contributed by atoms with Gasteiger partial charge in [-0.25, -0.2) is 0 Å². The number of benzene rings is 1. The molecule has 0 spiro atoms. The van der Waals surface area contributed by atoms with E-state index in [2.05, 4.69) is 45.7 Å². The van der Waals surface area contributed by atoms with Gasteiger partial charge in [-0.05, 0) is 36.5 Å². The van der Waals surface area contributed by atoms with Crippen molar-refractivity contribution < 1.29 is 0 Å². The summed E-state index contributed by atoms with van der Waals surface area (Å²) in [6.07, 6.45) is 4.27. The molecular formula is C16H20BrN3. The zero-order chi connectivity index (χ0) is 14.3. The third-order valence-electron chi connectivity index (χ3n) is 4.05. The molecule has 0 amide bonds. The van der Waals surface area contributed by atoms with Crippen molar-refractivity contribution in [3.8, 4) is 0 Å². The molecule has 0 radical (unpaired) electrons. The van der Waals surface area contributed by atoms with Crippen molar-refractivity contribution in [2.24, 2.45) is 5.41 Å². The lowest BCUT2D eigenvalue weighted by Gasteiger charge is -2.40. The minimum atomic E-state index is 0.340. The standard InChI is InChI=1S/C16H20BrN3/c1-16(2)6-3-7-20(10-16)15-12-8-11(17)4-5-14(12)19-9-13(15)18/h4-5,8-9H,3,6-7,10,18H2,1-2H3. The van der Waals surface area contributed by atoms with Crippen LogP contribution in [0, 0.1) is 5.41 Å². The fourth-order valence-corrected chi connectivity index (χ4v) is 3.49. The number of rotatable bonds is 1. The SMILES string of the molecule is CC1(C)CCCN(c2c(N)cnc3ccc(Br)cc23)C1. The van der Waals surface area contributed by atoms with Gasteiger partial charge in [0.05, 0.1) is 23.1 Å². The fraction of sp³-hybridized carbons (Fsp3) is 0.438. The Hall–Kier alpha value is -1.29. The summed E-state index contributed by atoms with van der Waals surface area (Å²) in [5.41, 5.74) is 9.49. The first-order valence-electron chi connectivity index (χ1n) is 7.05. The second-order valence-electron chi connectivity index (χ2n) is 6.41. The van der Waals surface area contributed by atoms with Gasteiger partial charge >= 0.3 is 0 Å². The minimum Gasteiger partial charge on any atom is -0.396 e. The van der Waals surface area contributed by atoms with E-state index in [0.29, 0.717) is 5.41 Å². The largest absolute Gasteiger partial charge is 0.396 e. The number of nitrogens with zero attached hydrogens (tertiary/aromatic N) is 2. The lowest BCUT2D eigenvalue weighted by molar-refractivity contribution is 0.293. The average molecular weight is 334 g/mol. The monoisotopic (exact) mass is 333 g/mol. The highest BCUT2D eigenvalue weighted by Gasteiger charge is 2.28. The van der Waals surface area contributed by atoms with Crippen molar-refractivity contribution >= 4 is 38.2 Å². The van der Waals surface area contributed by atoms with Crippen LogP contribution < -0.4 is 10.6 Å². The number of nitrogen functional groups attached to an aromatic ring is 1. The van der Waals surface area contributed by atoms with Gasteiger partial charge in [0, 0.05) is 22.9 Å². The van der Waals surface area contributed by atoms with Gasteiger partial charge < -0.3 is 10.6 Å². The van der Waals surface area contributed by atoms with Crippen LogP contribution in [-0.2, 0) is 0 Å². The smallest absolute Gasteiger partial charge is 0.0745 e. The topological polar surface area (TPSA) is 42.1 Å². The maximum atomic E-state index is 6.24. The van der Waals surface area contributed by atoms with Crippen molar-refractivity contribution in [1.29, 1.82) is 0 Å². The van der Waals surface area contributed by atoms with Crippen LogP contribution in [0.15, 0.2) is 28.9 Å². The molecular weight excluding hydrogens is 314 g/mol. The number of nitrogens with two attached hydrogens (primary N) is 1. The number of aromatic nitrogens is 1. The zero-order valence-electron chi connectivity index (χ0n) is 12.0. The van der Waals surface area contributed by atoms with Crippen molar-refractivity contribution in [3.05, 3.63) is 28.9 Å². The number of halogens is 1. The Labute approximate surface area is 128 Å². The summed E-state index contributed by atoms with van der Waals surface area (Å²) in [5, 5.41) is 1.14. The van der Waals surface area contributed by atoms with E-state index < -0.39 is 0 Å². The Bertz CT molecular complexity index is 646. The average Bonchev–Trinajstić information content (AvgIpc) is 2.37. The van der Waals surface area contributed by atoms with E-state index in [1.807, 2.05) is 12.1 Å². The van der Waals surface area contributed by atoms with E-state index >= 15 is 0 Å². The van der Waals surface area contributed by atoms with Gasteiger partial charge in [-0.2, -0.15) is 0 Å². The molecule has 0 aliphatic carbocycles. The summed E-state index contributed by atoms with van der Waals surface area (Å²) in [6.45, 7) is 6.77. The van der Waals surface area contributed by atoms with Crippen molar-refractivity contribution in [2.75, 3.05) is 23.7 Å². The number of piperidine rings is 1. The van der Waals surface area contributed by atoms with Crippen LogP contribution in [0.25, 0.3) is 10.9 Å². The van der Waals surface area contributed by atoms with Crippen LogP contribution in [0.1, 0.15) is 26.7 Å². The molecule has 106 valence electrons. The maximum absolute atomic E-state index is 6.24. The molecule has 4 heteroatoms. The van der Waals surface area contributed by atoms with Gasteiger partial charge in [-0.3, -0.25) is 4.98 Å². The normalized spacial score (nSPS) is 18.4. The highest BCUT2D eigenvalue weighted by molar-refractivity contribution is 9.10. The molecule has 0 unspecified atom stereocenters. The molecule has 3 rings (SSSR count). The molecule has 2 aromatic rings. The van der Waals surface area contributed by atoms with Gasteiger partial charge in [0.25, 0.3) is 0 Å². The molecule has 1 aliphatic rings. The van der Waals surface area contributed by atoms with Crippen molar-refractivity contribution in [1.82, 2.24) is 4.98 Å². The van der Waals surface area contributed by atoms with E-state index in [0.717, 1.165) is 39.8 Å². The molecule has 2 heterocycles. The lowest BCUT2D eigenvalue weighted by atomic mass is 9.84. The number of hydrogen-bond acceptors (Lipinski definition) is 3. The molecule has 1 saturated heterocycles. The van der Waals surface area contributed by atoms with Crippen LogP contribution in [0.2, 0.25) is 0 Å². The fourth-order valence-electron chi connectivity index (χ4n) is 3.13. The van der Waals surface area contributed by atoms with Gasteiger partial charge in [0.1, 0.15) is 0 Å². The Morgan fingerprint density at radius 3 is 2.90 bits per heavy atom. The van der Waals surface area contributed by atoms with E-state index in [1.54, 1.807) is 6.20 Å².